The zero-order chi connectivity index (χ0) is 15.2. The number of rotatable bonds is 4. The lowest BCUT2D eigenvalue weighted by Crippen LogP contribution is -2.21. The van der Waals surface area contributed by atoms with Crippen molar-refractivity contribution in [3.8, 4) is 0 Å². The number of amides is 2. The van der Waals surface area contributed by atoms with Gasteiger partial charge >= 0.3 is 0 Å². The van der Waals surface area contributed by atoms with E-state index >= 15 is 0 Å². The molecule has 2 amide bonds. The number of carbonyl (C=O) groups is 2. The molecule has 0 unspecified atom stereocenters. The smallest absolute Gasteiger partial charge is 0.255 e. The van der Waals surface area contributed by atoms with Crippen molar-refractivity contribution in [3.63, 3.8) is 0 Å². The van der Waals surface area contributed by atoms with E-state index < -0.39 is 0 Å². The van der Waals surface area contributed by atoms with Crippen molar-refractivity contribution in [2.45, 2.75) is 0 Å². The maximum Gasteiger partial charge on any atom is 0.255 e. The van der Waals surface area contributed by atoms with Crippen molar-refractivity contribution in [1.29, 1.82) is 0 Å². The average Bonchev–Trinajstić information content (AvgIpc) is 2.50. The van der Waals surface area contributed by atoms with Crippen molar-refractivity contribution < 1.29 is 9.59 Å². The minimum Gasteiger partial charge on any atom is -0.325 e. The molecule has 0 atom stereocenters. The van der Waals surface area contributed by atoms with Crippen LogP contribution in [0.3, 0.4) is 0 Å². The molecule has 0 bridgehead atoms. The molecule has 2 rings (SSSR count). The van der Waals surface area contributed by atoms with Gasteiger partial charge in [-0.1, -0.05) is 11.6 Å². The Labute approximate surface area is 126 Å². The van der Waals surface area contributed by atoms with Crippen molar-refractivity contribution in [1.82, 2.24) is 4.98 Å². The summed E-state index contributed by atoms with van der Waals surface area (Å²) in [4.78, 5) is 27.0. The van der Waals surface area contributed by atoms with E-state index in [1.807, 2.05) is 0 Å². The molecule has 0 saturated carbocycles. The fourth-order valence-corrected chi connectivity index (χ4v) is 1.83. The van der Waals surface area contributed by atoms with Crippen LogP contribution in [0.15, 0.2) is 42.7 Å². The van der Waals surface area contributed by atoms with Gasteiger partial charge in [0, 0.05) is 23.6 Å². The molecule has 0 radical (unpaired) electrons. The maximum atomic E-state index is 12.0. The van der Waals surface area contributed by atoms with Gasteiger partial charge in [0.05, 0.1) is 17.3 Å². The van der Waals surface area contributed by atoms with Gasteiger partial charge in [-0.05, 0) is 30.3 Å². The molecule has 4 N–H and O–H groups in total. The molecule has 0 saturated heterocycles. The number of nitrogens with two attached hydrogens (primary N) is 1. The molecule has 0 aliphatic carbocycles. The van der Waals surface area contributed by atoms with Gasteiger partial charge in [0.25, 0.3) is 5.91 Å². The first kappa shape index (κ1) is 15.0. The van der Waals surface area contributed by atoms with Crippen LogP contribution in [0.4, 0.5) is 11.4 Å². The normalized spacial score (nSPS) is 10.0. The Hall–Kier alpha value is -2.44. The summed E-state index contributed by atoms with van der Waals surface area (Å²) in [7, 11) is 0. The monoisotopic (exact) mass is 304 g/mol. The third-order valence-electron chi connectivity index (χ3n) is 2.63. The zero-order valence-electron chi connectivity index (χ0n) is 11.0. The molecule has 0 fully saturated rings. The lowest BCUT2D eigenvalue weighted by Gasteiger charge is -2.09. The minimum absolute atomic E-state index is 0.113. The summed E-state index contributed by atoms with van der Waals surface area (Å²) in [6.07, 6.45) is 3.06. The SMILES string of the molecule is NCC(=O)Nc1ccc(NC(=O)c2ccncc2)c(Cl)c1. The molecule has 0 aliphatic heterocycles. The number of hydrogen-bond donors (Lipinski definition) is 3. The molecule has 1 heterocycles. The van der Waals surface area contributed by atoms with Crippen LogP contribution in [-0.4, -0.2) is 23.3 Å². The van der Waals surface area contributed by atoms with Crippen LogP contribution < -0.4 is 16.4 Å². The first-order valence-corrected chi connectivity index (χ1v) is 6.49. The molecule has 0 spiro atoms. The maximum absolute atomic E-state index is 12.0. The first-order chi connectivity index (χ1) is 10.1. The first-order valence-electron chi connectivity index (χ1n) is 6.11. The summed E-state index contributed by atoms with van der Waals surface area (Å²) in [6.45, 7) is -0.113. The molecule has 6 nitrogen and oxygen atoms in total. The Kier molecular flexibility index (Phi) is 4.86. The summed E-state index contributed by atoms with van der Waals surface area (Å²) in [5.74, 6) is -0.613. The molecule has 108 valence electrons. The van der Waals surface area contributed by atoms with Gasteiger partial charge in [-0.25, -0.2) is 0 Å². The second-order valence-electron chi connectivity index (χ2n) is 4.14. The third-order valence-corrected chi connectivity index (χ3v) is 2.94. The quantitative estimate of drug-likeness (QED) is 0.803. The summed E-state index contributed by atoms with van der Waals surface area (Å²) in [6, 6.07) is 7.96. The van der Waals surface area contributed by atoms with Crippen LogP contribution in [0.25, 0.3) is 0 Å². The van der Waals surface area contributed by atoms with Crippen molar-refractivity contribution >= 4 is 34.8 Å². The lowest BCUT2D eigenvalue weighted by atomic mass is 10.2. The van der Waals surface area contributed by atoms with Crippen molar-refractivity contribution in [3.05, 3.63) is 53.3 Å². The predicted octanol–water partition coefficient (Wildman–Crippen LogP) is 1.88. The second kappa shape index (κ2) is 6.83. The topological polar surface area (TPSA) is 97.1 Å². The lowest BCUT2D eigenvalue weighted by molar-refractivity contribution is -0.114. The molecule has 1 aromatic heterocycles. The fourth-order valence-electron chi connectivity index (χ4n) is 1.60. The van der Waals surface area contributed by atoms with Crippen molar-refractivity contribution in [2.24, 2.45) is 5.73 Å². The van der Waals surface area contributed by atoms with E-state index in [1.165, 1.54) is 18.5 Å². The Bertz CT molecular complexity index is 661. The van der Waals surface area contributed by atoms with E-state index in [-0.39, 0.29) is 18.4 Å². The highest BCUT2D eigenvalue weighted by Crippen LogP contribution is 2.26. The van der Waals surface area contributed by atoms with Crippen LogP contribution >= 0.6 is 11.6 Å². The Morgan fingerprint density at radius 1 is 1.14 bits per heavy atom. The van der Waals surface area contributed by atoms with Crippen molar-refractivity contribution in [2.75, 3.05) is 17.2 Å². The van der Waals surface area contributed by atoms with Gasteiger partial charge in [-0.2, -0.15) is 0 Å². The van der Waals surface area contributed by atoms with E-state index in [2.05, 4.69) is 15.6 Å². The van der Waals surface area contributed by atoms with Crippen LogP contribution in [0.1, 0.15) is 10.4 Å². The number of carbonyl (C=O) groups excluding carboxylic acids is 2. The van der Waals surface area contributed by atoms with E-state index in [4.69, 9.17) is 17.3 Å². The highest BCUT2D eigenvalue weighted by Gasteiger charge is 2.09. The summed E-state index contributed by atoms with van der Waals surface area (Å²) in [5, 5.41) is 5.57. The summed E-state index contributed by atoms with van der Waals surface area (Å²) >= 11 is 6.08. The van der Waals surface area contributed by atoms with E-state index in [0.29, 0.717) is 22.0 Å². The molecular formula is C14H13ClN4O2. The van der Waals surface area contributed by atoms with Gasteiger partial charge in [0.1, 0.15) is 0 Å². The standard InChI is InChI=1S/C14H13ClN4O2/c15-11-7-10(18-13(20)8-16)1-2-12(11)19-14(21)9-3-5-17-6-4-9/h1-7H,8,16H2,(H,18,20)(H,19,21). The number of benzene rings is 1. The van der Waals surface area contributed by atoms with Gasteiger partial charge in [-0.15, -0.1) is 0 Å². The van der Waals surface area contributed by atoms with E-state index in [1.54, 1.807) is 24.3 Å². The number of pyridine rings is 1. The van der Waals surface area contributed by atoms with Gasteiger partial charge in [0.15, 0.2) is 0 Å². The number of anilines is 2. The summed E-state index contributed by atoms with van der Waals surface area (Å²) < 4.78 is 0. The second-order valence-corrected chi connectivity index (χ2v) is 4.54. The average molecular weight is 305 g/mol. The van der Waals surface area contributed by atoms with E-state index in [0.717, 1.165) is 0 Å². The van der Waals surface area contributed by atoms with Gasteiger partial charge in [0.2, 0.25) is 5.91 Å². The number of halogens is 1. The van der Waals surface area contributed by atoms with Crippen LogP contribution in [0.2, 0.25) is 5.02 Å². The molecule has 2 aromatic rings. The van der Waals surface area contributed by atoms with Gasteiger partial charge < -0.3 is 16.4 Å². The predicted molar refractivity (Wildman–Crippen MR) is 81.3 cm³/mol. The number of nitrogens with zero attached hydrogens (tertiary/aromatic N) is 1. The van der Waals surface area contributed by atoms with Crippen LogP contribution in [-0.2, 0) is 4.79 Å². The van der Waals surface area contributed by atoms with Crippen LogP contribution in [0.5, 0.6) is 0 Å². The Balaban J connectivity index is 2.11. The Morgan fingerprint density at radius 3 is 2.48 bits per heavy atom. The Morgan fingerprint density at radius 2 is 1.86 bits per heavy atom. The highest BCUT2D eigenvalue weighted by atomic mass is 35.5. The zero-order valence-corrected chi connectivity index (χ0v) is 11.7. The largest absolute Gasteiger partial charge is 0.325 e. The molecule has 21 heavy (non-hydrogen) atoms. The molecule has 7 heteroatoms. The fraction of sp³-hybridized carbons (Fsp3) is 0.0714. The summed E-state index contributed by atoms with van der Waals surface area (Å²) in [5.41, 5.74) is 6.64. The minimum atomic E-state index is -0.320. The highest BCUT2D eigenvalue weighted by molar-refractivity contribution is 6.34. The van der Waals surface area contributed by atoms with Gasteiger partial charge in [-0.3, -0.25) is 14.6 Å². The molecule has 1 aromatic carbocycles. The number of nitrogens with one attached hydrogen (secondary N) is 2. The number of hydrogen-bond acceptors (Lipinski definition) is 4. The molecule has 0 aliphatic rings. The molecular weight excluding hydrogens is 292 g/mol. The number of aromatic nitrogens is 1. The van der Waals surface area contributed by atoms with Crippen LogP contribution in [0, 0.1) is 0 Å². The third kappa shape index (κ3) is 4.01. The van der Waals surface area contributed by atoms with E-state index in [9.17, 15) is 9.59 Å².